The number of hydrogen-bond donors (Lipinski definition) is 2. The van der Waals surface area contributed by atoms with E-state index in [0.717, 1.165) is 61.2 Å². The molecule has 0 bridgehead atoms. The fourth-order valence-electron chi connectivity index (χ4n) is 4.83. The highest BCUT2D eigenvalue weighted by molar-refractivity contribution is 8.05. The van der Waals surface area contributed by atoms with Crippen LogP contribution in [0.15, 0.2) is 52.7 Å². The number of nitrogens with zero attached hydrogens (tertiary/aromatic N) is 2. The number of methoxy groups -OCH3 is 1. The monoisotopic (exact) mass is 503 g/mol. The molecule has 8 heteroatoms. The van der Waals surface area contributed by atoms with E-state index in [4.69, 9.17) is 16.3 Å². The molecule has 34 heavy (non-hydrogen) atoms. The van der Waals surface area contributed by atoms with Crippen molar-refractivity contribution in [3.05, 3.63) is 64.0 Å². The van der Waals surface area contributed by atoms with Crippen LogP contribution in [-0.4, -0.2) is 58.0 Å². The van der Waals surface area contributed by atoms with Crippen LogP contribution in [0.2, 0.25) is 0 Å². The third-order valence-corrected chi connectivity index (χ3v) is 8.24. The summed E-state index contributed by atoms with van der Waals surface area (Å²) in [7, 11) is 1.68. The third-order valence-electron chi connectivity index (χ3n) is 6.63. The minimum atomic E-state index is -0.569. The minimum absolute atomic E-state index is 0.0485. The number of pyridine rings is 1. The Balaban J connectivity index is 1.64. The fourth-order valence-corrected chi connectivity index (χ4v) is 6.31. The average Bonchev–Trinajstić information content (AvgIpc) is 3.29. The molecule has 1 saturated heterocycles. The second kappa shape index (κ2) is 11.8. The Morgan fingerprint density at radius 2 is 2.26 bits per heavy atom. The first-order chi connectivity index (χ1) is 16.5. The first-order valence-electron chi connectivity index (χ1n) is 12.0. The van der Waals surface area contributed by atoms with Crippen LogP contribution < -0.4 is 5.32 Å². The normalized spacial score (nSPS) is 25.9. The van der Waals surface area contributed by atoms with Gasteiger partial charge in [0.1, 0.15) is 6.04 Å². The van der Waals surface area contributed by atoms with E-state index in [1.165, 1.54) is 4.91 Å². The van der Waals surface area contributed by atoms with Crippen molar-refractivity contribution in [1.29, 1.82) is 0 Å². The van der Waals surface area contributed by atoms with Crippen molar-refractivity contribution in [3.8, 4) is 0 Å². The summed E-state index contributed by atoms with van der Waals surface area (Å²) in [6, 6.07) is 3.43. The van der Waals surface area contributed by atoms with Crippen LogP contribution in [0, 0.1) is 6.92 Å². The molecule has 1 fully saturated rings. The SMILES string of the molecule is COC1C=C(NC(C(=O)N2CCCCC2C2=CCC(Cl)S2)c2ccc(C)nc2)C=C(CCO)C1. The van der Waals surface area contributed by atoms with Gasteiger partial charge in [0, 0.05) is 48.3 Å². The van der Waals surface area contributed by atoms with E-state index in [0.29, 0.717) is 6.42 Å². The number of rotatable bonds is 8. The lowest BCUT2D eigenvalue weighted by Crippen LogP contribution is -2.49. The Bertz CT molecular complexity index is 963. The molecule has 0 aromatic carbocycles. The number of aryl methyl sites for hydroxylation is 1. The van der Waals surface area contributed by atoms with E-state index in [1.807, 2.05) is 36.1 Å². The summed E-state index contributed by atoms with van der Waals surface area (Å²) in [6.45, 7) is 2.76. The number of carbonyl (C=O) groups is 1. The molecule has 4 atom stereocenters. The van der Waals surface area contributed by atoms with Gasteiger partial charge >= 0.3 is 0 Å². The predicted octanol–water partition coefficient (Wildman–Crippen LogP) is 4.60. The van der Waals surface area contributed by atoms with Crippen molar-refractivity contribution < 1.29 is 14.6 Å². The topological polar surface area (TPSA) is 74.7 Å². The van der Waals surface area contributed by atoms with Crippen LogP contribution in [-0.2, 0) is 9.53 Å². The zero-order chi connectivity index (χ0) is 24.1. The number of carbonyl (C=O) groups excluding carboxylic acids is 1. The number of allylic oxidation sites excluding steroid dienone is 2. The number of alkyl halides is 1. The summed E-state index contributed by atoms with van der Waals surface area (Å²) in [6.07, 6.45) is 13.2. The van der Waals surface area contributed by atoms with Crippen LogP contribution in [0.1, 0.15) is 55.8 Å². The van der Waals surface area contributed by atoms with E-state index in [1.54, 1.807) is 25.1 Å². The molecule has 2 aliphatic heterocycles. The molecule has 0 saturated carbocycles. The van der Waals surface area contributed by atoms with Crippen LogP contribution >= 0.6 is 23.4 Å². The summed E-state index contributed by atoms with van der Waals surface area (Å²) in [5.41, 5.74) is 3.68. The van der Waals surface area contributed by atoms with Crippen molar-refractivity contribution >= 4 is 29.3 Å². The minimum Gasteiger partial charge on any atom is -0.396 e. The fraction of sp³-hybridized carbons (Fsp3) is 0.538. The van der Waals surface area contributed by atoms with E-state index < -0.39 is 6.04 Å². The first kappa shape index (κ1) is 25.3. The summed E-state index contributed by atoms with van der Waals surface area (Å²) in [5, 5.41) is 13.0. The van der Waals surface area contributed by atoms with Crippen molar-refractivity contribution in [2.45, 2.75) is 68.3 Å². The molecule has 0 spiro atoms. The summed E-state index contributed by atoms with van der Waals surface area (Å²) in [4.78, 5) is 21.8. The number of hydrogen-bond acceptors (Lipinski definition) is 6. The lowest BCUT2D eigenvalue weighted by molar-refractivity contribution is -0.136. The van der Waals surface area contributed by atoms with Gasteiger partial charge in [0.25, 0.3) is 0 Å². The maximum absolute atomic E-state index is 14.1. The highest BCUT2D eigenvalue weighted by atomic mass is 35.5. The molecule has 3 aliphatic rings. The number of piperidine rings is 1. The van der Waals surface area contributed by atoms with Crippen molar-refractivity contribution in [2.75, 3.05) is 20.3 Å². The van der Waals surface area contributed by atoms with Gasteiger partial charge < -0.3 is 20.1 Å². The molecule has 3 heterocycles. The largest absolute Gasteiger partial charge is 0.396 e. The number of aromatic nitrogens is 1. The second-order valence-electron chi connectivity index (χ2n) is 9.10. The summed E-state index contributed by atoms with van der Waals surface area (Å²) < 4.78 is 5.66. The molecule has 2 N–H and O–H groups in total. The van der Waals surface area contributed by atoms with E-state index in [-0.39, 0.29) is 29.4 Å². The van der Waals surface area contributed by atoms with Gasteiger partial charge in [-0.25, -0.2) is 0 Å². The molecule has 1 aromatic rings. The summed E-state index contributed by atoms with van der Waals surface area (Å²) >= 11 is 8.05. The van der Waals surface area contributed by atoms with Crippen LogP contribution in [0.4, 0.5) is 0 Å². The molecule has 1 aliphatic carbocycles. The van der Waals surface area contributed by atoms with Gasteiger partial charge in [0.05, 0.1) is 16.9 Å². The van der Waals surface area contributed by atoms with E-state index >= 15 is 0 Å². The summed E-state index contributed by atoms with van der Waals surface area (Å²) in [5.74, 6) is 0.0485. The molecule has 184 valence electrons. The molecule has 0 radical (unpaired) electrons. The van der Waals surface area contributed by atoms with Gasteiger partial charge in [-0.05, 0) is 63.7 Å². The lowest BCUT2D eigenvalue weighted by Gasteiger charge is -2.39. The van der Waals surface area contributed by atoms with Crippen LogP contribution in [0.3, 0.4) is 0 Å². The van der Waals surface area contributed by atoms with Crippen molar-refractivity contribution in [2.24, 2.45) is 0 Å². The third kappa shape index (κ3) is 6.06. The van der Waals surface area contributed by atoms with Crippen molar-refractivity contribution in [1.82, 2.24) is 15.2 Å². The van der Waals surface area contributed by atoms with Gasteiger partial charge in [-0.1, -0.05) is 17.7 Å². The van der Waals surface area contributed by atoms with E-state index in [2.05, 4.69) is 16.4 Å². The molecule has 6 nitrogen and oxygen atoms in total. The van der Waals surface area contributed by atoms with Gasteiger partial charge in [0.15, 0.2) is 0 Å². The number of thioether (sulfide) groups is 1. The molecular weight excluding hydrogens is 470 g/mol. The molecule has 1 aromatic heterocycles. The maximum atomic E-state index is 14.1. The lowest BCUT2D eigenvalue weighted by atomic mass is 9.96. The molecular formula is C26H34ClN3O3S. The average molecular weight is 504 g/mol. The highest BCUT2D eigenvalue weighted by Crippen LogP contribution is 2.41. The zero-order valence-corrected chi connectivity index (χ0v) is 21.4. The van der Waals surface area contributed by atoms with Gasteiger partial charge in [-0.3, -0.25) is 9.78 Å². The number of ether oxygens (including phenoxy) is 1. The highest BCUT2D eigenvalue weighted by Gasteiger charge is 2.36. The molecule has 1 amide bonds. The van der Waals surface area contributed by atoms with Crippen molar-refractivity contribution in [3.63, 3.8) is 0 Å². The smallest absolute Gasteiger partial charge is 0.250 e. The van der Waals surface area contributed by atoms with Gasteiger partial charge in [-0.2, -0.15) is 0 Å². The quantitative estimate of drug-likeness (QED) is 0.505. The number of aliphatic hydroxyl groups is 1. The Hall–Kier alpha value is -1.80. The molecule has 4 unspecified atom stereocenters. The first-order valence-corrected chi connectivity index (χ1v) is 13.4. The van der Waals surface area contributed by atoms with Crippen LogP contribution in [0.25, 0.3) is 0 Å². The number of amides is 1. The Morgan fingerprint density at radius 1 is 1.41 bits per heavy atom. The zero-order valence-electron chi connectivity index (χ0n) is 19.9. The maximum Gasteiger partial charge on any atom is 0.250 e. The number of halogens is 1. The second-order valence-corrected chi connectivity index (χ2v) is 11.2. The Morgan fingerprint density at radius 3 is 2.94 bits per heavy atom. The number of likely N-dealkylation sites (tertiary alicyclic amines) is 1. The molecule has 4 rings (SSSR count). The van der Waals surface area contributed by atoms with Gasteiger partial charge in [0.2, 0.25) is 5.91 Å². The number of aliphatic hydroxyl groups excluding tert-OH is 1. The Labute approximate surface area is 211 Å². The Kier molecular flexibility index (Phi) is 8.75. The van der Waals surface area contributed by atoms with Crippen LogP contribution in [0.5, 0.6) is 0 Å². The predicted molar refractivity (Wildman–Crippen MR) is 137 cm³/mol. The van der Waals surface area contributed by atoms with E-state index in [9.17, 15) is 9.90 Å². The van der Waals surface area contributed by atoms with Gasteiger partial charge in [-0.15, -0.1) is 23.4 Å². The standard InChI is InChI=1S/C26H34ClN3O3S/c1-17-6-7-19(16-28-17)25(29-20-13-18(10-12-31)14-21(15-20)33-2)26(32)30-11-4-3-5-22(30)23-8-9-24(27)34-23/h6-8,13,15-16,21-22,24-25,29,31H,3-5,9-12,14H2,1-2H3. The number of nitrogens with one attached hydrogen (secondary N) is 1.